The maximum atomic E-state index is 12.1. The fourth-order valence-electron chi connectivity index (χ4n) is 1.90. The van der Waals surface area contributed by atoms with Gasteiger partial charge in [-0.3, -0.25) is 4.79 Å². The fourth-order valence-corrected chi connectivity index (χ4v) is 1.90. The minimum atomic E-state index is -0.0321. The molecule has 114 valence electrons. The Bertz CT molecular complexity index is 535. The summed E-state index contributed by atoms with van der Waals surface area (Å²) in [5.41, 5.74) is 1.84. The highest BCUT2D eigenvalue weighted by molar-refractivity contribution is 5.92. The second kappa shape index (κ2) is 8.15. The van der Waals surface area contributed by atoms with Crippen LogP contribution in [0.5, 0.6) is 11.5 Å². The first kappa shape index (κ1) is 16.8. The van der Waals surface area contributed by atoms with E-state index < -0.39 is 0 Å². The second-order valence-corrected chi connectivity index (χ2v) is 4.76. The lowest BCUT2D eigenvalue weighted by Crippen LogP contribution is -2.30. The molecule has 1 aromatic carbocycles. The van der Waals surface area contributed by atoms with Gasteiger partial charge >= 0.3 is 0 Å². The van der Waals surface area contributed by atoms with E-state index in [0.717, 1.165) is 11.1 Å². The standard InChI is InChI=1S/C17H23NO3/c1-6-18(12-13(2)3)17(19)10-8-14-7-9-15(20-4)16(11-14)21-5/h7-11H,2,6,12H2,1,3-5H3/b10-8+. The van der Waals surface area contributed by atoms with Crippen molar-refractivity contribution in [3.8, 4) is 11.5 Å². The van der Waals surface area contributed by atoms with Crippen molar-refractivity contribution >= 4 is 12.0 Å². The van der Waals surface area contributed by atoms with Crippen molar-refractivity contribution in [1.29, 1.82) is 0 Å². The lowest BCUT2D eigenvalue weighted by atomic mass is 10.2. The average molecular weight is 289 g/mol. The molecule has 0 radical (unpaired) electrons. The number of carbonyl (C=O) groups is 1. The van der Waals surface area contributed by atoms with E-state index in [2.05, 4.69) is 6.58 Å². The molecule has 0 saturated heterocycles. The molecule has 0 bridgehead atoms. The van der Waals surface area contributed by atoms with Crippen LogP contribution in [-0.2, 0) is 4.79 Å². The Morgan fingerprint density at radius 2 is 1.95 bits per heavy atom. The van der Waals surface area contributed by atoms with Crippen molar-refractivity contribution in [3.63, 3.8) is 0 Å². The number of ether oxygens (including phenoxy) is 2. The molecule has 0 saturated carbocycles. The summed E-state index contributed by atoms with van der Waals surface area (Å²) in [5.74, 6) is 1.27. The number of rotatable bonds is 7. The number of carbonyl (C=O) groups excluding carboxylic acids is 1. The molecule has 1 rings (SSSR count). The third kappa shape index (κ3) is 4.99. The monoisotopic (exact) mass is 289 g/mol. The Morgan fingerprint density at radius 3 is 2.48 bits per heavy atom. The molecule has 0 heterocycles. The zero-order valence-corrected chi connectivity index (χ0v) is 13.2. The summed E-state index contributed by atoms with van der Waals surface area (Å²) in [6.07, 6.45) is 3.33. The Labute approximate surface area is 126 Å². The third-order valence-electron chi connectivity index (χ3n) is 2.98. The van der Waals surface area contributed by atoms with Gasteiger partial charge in [0, 0.05) is 19.2 Å². The summed E-state index contributed by atoms with van der Waals surface area (Å²) in [5, 5.41) is 0. The summed E-state index contributed by atoms with van der Waals surface area (Å²) in [6, 6.07) is 5.52. The smallest absolute Gasteiger partial charge is 0.246 e. The van der Waals surface area contributed by atoms with E-state index in [1.54, 1.807) is 31.3 Å². The van der Waals surface area contributed by atoms with Crippen LogP contribution < -0.4 is 9.47 Å². The molecule has 1 aromatic rings. The summed E-state index contributed by atoms with van der Waals surface area (Å²) in [7, 11) is 3.18. The largest absolute Gasteiger partial charge is 0.493 e. The fraction of sp³-hybridized carbons (Fsp3) is 0.353. The van der Waals surface area contributed by atoms with Crippen LogP contribution in [0.1, 0.15) is 19.4 Å². The molecule has 0 atom stereocenters. The maximum absolute atomic E-state index is 12.1. The van der Waals surface area contributed by atoms with Crippen molar-refractivity contribution in [2.75, 3.05) is 27.3 Å². The molecule has 0 N–H and O–H groups in total. The molecule has 1 amide bonds. The van der Waals surface area contributed by atoms with Gasteiger partial charge in [-0.25, -0.2) is 0 Å². The molecule has 0 aliphatic heterocycles. The molecule has 0 aromatic heterocycles. The van der Waals surface area contributed by atoms with Crippen LogP contribution in [0.2, 0.25) is 0 Å². The van der Waals surface area contributed by atoms with Gasteiger partial charge in [-0.1, -0.05) is 18.2 Å². The second-order valence-electron chi connectivity index (χ2n) is 4.76. The highest BCUT2D eigenvalue weighted by Gasteiger charge is 2.08. The van der Waals surface area contributed by atoms with Gasteiger partial charge in [-0.15, -0.1) is 0 Å². The zero-order valence-electron chi connectivity index (χ0n) is 13.2. The van der Waals surface area contributed by atoms with Crippen LogP contribution in [0.15, 0.2) is 36.4 Å². The summed E-state index contributed by atoms with van der Waals surface area (Å²) in [4.78, 5) is 13.8. The lowest BCUT2D eigenvalue weighted by Gasteiger charge is -2.18. The Hall–Kier alpha value is -2.23. The van der Waals surface area contributed by atoms with E-state index >= 15 is 0 Å². The molecule has 0 fully saturated rings. The zero-order chi connectivity index (χ0) is 15.8. The molecular formula is C17H23NO3. The van der Waals surface area contributed by atoms with Gasteiger partial charge in [-0.05, 0) is 37.6 Å². The molecule has 4 heteroatoms. The number of likely N-dealkylation sites (N-methyl/N-ethyl adjacent to an activating group) is 1. The number of hydrogen-bond donors (Lipinski definition) is 0. The average Bonchev–Trinajstić information content (AvgIpc) is 2.49. The van der Waals surface area contributed by atoms with Crippen molar-refractivity contribution in [2.24, 2.45) is 0 Å². The van der Waals surface area contributed by atoms with E-state index in [0.29, 0.717) is 24.6 Å². The quantitative estimate of drug-likeness (QED) is 0.572. The van der Waals surface area contributed by atoms with Crippen molar-refractivity contribution in [2.45, 2.75) is 13.8 Å². The van der Waals surface area contributed by atoms with E-state index in [4.69, 9.17) is 9.47 Å². The molecule has 0 unspecified atom stereocenters. The van der Waals surface area contributed by atoms with Gasteiger partial charge in [0.1, 0.15) is 0 Å². The first-order valence-electron chi connectivity index (χ1n) is 6.85. The summed E-state index contributed by atoms with van der Waals surface area (Å²) < 4.78 is 10.4. The normalized spacial score (nSPS) is 10.5. The van der Waals surface area contributed by atoms with Crippen LogP contribution >= 0.6 is 0 Å². The Morgan fingerprint density at radius 1 is 1.29 bits per heavy atom. The third-order valence-corrected chi connectivity index (χ3v) is 2.98. The van der Waals surface area contributed by atoms with Crippen LogP contribution in [0.4, 0.5) is 0 Å². The van der Waals surface area contributed by atoms with E-state index in [-0.39, 0.29) is 5.91 Å². The van der Waals surface area contributed by atoms with Crippen LogP contribution in [-0.4, -0.2) is 38.1 Å². The van der Waals surface area contributed by atoms with Crippen LogP contribution in [0.25, 0.3) is 6.08 Å². The molecule has 0 spiro atoms. The molecular weight excluding hydrogens is 266 g/mol. The van der Waals surface area contributed by atoms with Gasteiger partial charge in [-0.2, -0.15) is 0 Å². The highest BCUT2D eigenvalue weighted by atomic mass is 16.5. The van der Waals surface area contributed by atoms with Gasteiger partial charge in [0.2, 0.25) is 5.91 Å². The van der Waals surface area contributed by atoms with E-state index in [9.17, 15) is 4.79 Å². The number of amides is 1. The lowest BCUT2D eigenvalue weighted by molar-refractivity contribution is -0.125. The van der Waals surface area contributed by atoms with E-state index in [1.165, 1.54) is 0 Å². The maximum Gasteiger partial charge on any atom is 0.246 e. The van der Waals surface area contributed by atoms with Gasteiger partial charge < -0.3 is 14.4 Å². The van der Waals surface area contributed by atoms with Gasteiger partial charge in [0.25, 0.3) is 0 Å². The molecule has 0 aliphatic rings. The van der Waals surface area contributed by atoms with Crippen molar-refractivity contribution in [1.82, 2.24) is 4.90 Å². The predicted octanol–water partition coefficient (Wildman–Crippen LogP) is 3.14. The van der Waals surface area contributed by atoms with Crippen molar-refractivity contribution in [3.05, 3.63) is 42.0 Å². The van der Waals surface area contributed by atoms with Gasteiger partial charge in [0.05, 0.1) is 14.2 Å². The number of methoxy groups -OCH3 is 2. The summed E-state index contributed by atoms with van der Waals surface area (Å²) >= 11 is 0. The van der Waals surface area contributed by atoms with E-state index in [1.807, 2.05) is 32.0 Å². The first-order chi connectivity index (χ1) is 10.0. The number of hydrogen-bond acceptors (Lipinski definition) is 3. The number of nitrogens with zero attached hydrogens (tertiary/aromatic N) is 1. The Kier molecular flexibility index (Phi) is 6.53. The molecule has 4 nitrogen and oxygen atoms in total. The minimum Gasteiger partial charge on any atom is -0.493 e. The van der Waals surface area contributed by atoms with Crippen LogP contribution in [0.3, 0.4) is 0 Å². The minimum absolute atomic E-state index is 0.0321. The van der Waals surface area contributed by atoms with Gasteiger partial charge in [0.15, 0.2) is 11.5 Å². The predicted molar refractivity (Wildman–Crippen MR) is 85.6 cm³/mol. The first-order valence-corrected chi connectivity index (χ1v) is 6.85. The molecule has 0 aliphatic carbocycles. The van der Waals surface area contributed by atoms with Crippen molar-refractivity contribution < 1.29 is 14.3 Å². The topological polar surface area (TPSA) is 38.8 Å². The Balaban J connectivity index is 2.84. The van der Waals surface area contributed by atoms with Crippen LogP contribution in [0, 0.1) is 0 Å². The SMILES string of the molecule is C=C(C)CN(CC)C(=O)/C=C/c1ccc(OC)c(OC)c1. The highest BCUT2D eigenvalue weighted by Crippen LogP contribution is 2.27. The number of benzene rings is 1. The summed E-state index contributed by atoms with van der Waals surface area (Å²) in [6.45, 7) is 8.93. The molecule has 21 heavy (non-hydrogen) atoms.